The van der Waals surface area contributed by atoms with Gasteiger partial charge in [0.05, 0.1) is 18.8 Å². The van der Waals surface area contributed by atoms with Crippen LogP contribution in [0, 0.1) is 0 Å². The third-order valence-electron chi connectivity index (χ3n) is 1.50. The van der Waals surface area contributed by atoms with E-state index < -0.39 is 0 Å². The molecule has 0 aliphatic rings. The summed E-state index contributed by atoms with van der Waals surface area (Å²) in [6.45, 7) is 8.18. The molecule has 5 heteroatoms. The number of rotatable bonds is 5. The number of hydrogen-bond donors (Lipinski definition) is 1. The molecule has 1 heterocycles. The van der Waals surface area contributed by atoms with Gasteiger partial charge in [-0.3, -0.25) is 0 Å². The van der Waals surface area contributed by atoms with Gasteiger partial charge in [0.1, 0.15) is 0 Å². The third kappa shape index (κ3) is 4.94. The second-order valence-electron chi connectivity index (χ2n) is 3.99. The van der Waals surface area contributed by atoms with Crippen LogP contribution in [0.3, 0.4) is 0 Å². The highest BCUT2D eigenvalue weighted by Gasteiger charge is 2.08. The highest BCUT2D eigenvalue weighted by molar-refractivity contribution is 4.75. The van der Waals surface area contributed by atoms with Crippen molar-refractivity contribution >= 4 is 0 Å². The van der Waals surface area contributed by atoms with Crippen LogP contribution >= 0.6 is 0 Å². The predicted octanol–water partition coefficient (Wildman–Crippen LogP) is 0.974. The van der Waals surface area contributed by atoms with Gasteiger partial charge < -0.3 is 14.6 Å². The minimum absolute atomic E-state index is 0.0756. The fourth-order valence-electron chi connectivity index (χ4n) is 0.900. The van der Waals surface area contributed by atoms with Gasteiger partial charge >= 0.3 is 0 Å². The normalized spacial score (nSPS) is 11.9. The molecule has 0 aromatic carbocycles. The Morgan fingerprint density at radius 1 is 1.50 bits per heavy atom. The lowest BCUT2D eigenvalue weighted by Gasteiger charge is -2.19. The van der Waals surface area contributed by atoms with Gasteiger partial charge in [0.2, 0.25) is 6.39 Å². The number of ether oxygens (including phenoxy) is 1. The van der Waals surface area contributed by atoms with Crippen LogP contribution in [0.5, 0.6) is 0 Å². The molecule has 0 fully saturated rings. The molecule has 0 atom stereocenters. The molecule has 0 amide bonds. The lowest BCUT2D eigenvalue weighted by molar-refractivity contribution is -0.000938. The molecular formula is C9H17N3O2. The monoisotopic (exact) mass is 199 g/mol. The first-order valence-electron chi connectivity index (χ1n) is 4.68. The van der Waals surface area contributed by atoms with Gasteiger partial charge in [-0.15, -0.1) is 0 Å². The lowest BCUT2D eigenvalue weighted by atomic mass is 10.2. The largest absolute Gasteiger partial charge is 0.375 e. The van der Waals surface area contributed by atoms with Crippen LogP contribution in [0.15, 0.2) is 10.9 Å². The number of nitrogens with one attached hydrogen (secondary N) is 1. The molecular weight excluding hydrogens is 182 g/mol. The van der Waals surface area contributed by atoms with Crippen LogP contribution < -0.4 is 5.32 Å². The molecule has 0 saturated carbocycles. The Kier molecular flexibility index (Phi) is 4.03. The van der Waals surface area contributed by atoms with Crippen LogP contribution in [-0.4, -0.2) is 28.9 Å². The van der Waals surface area contributed by atoms with Crippen LogP contribution in [-0.2, 0) is 11.3 Å². The van der Waals surface area contributed by atoms with E-state index in [2.05, 4.69) is 20.0 Å². The maximum atomic E-state index is 5.52. The van der Waals surface area contributed by atoms with Crippen molar-refractivity contribution in [1.29, 1.82) is 0 Å². The Morgan fingerprint density at radius 2 is 2.29 bits per heavy atom. The van der Waals surface area contributed by atoms with E-state index in [1.165, 1.54) is 6.39 Å². The Balaban J connectivity index is 2.00. The summed E-state index contributed by atoms with van der Waals surface area (Å²) in [5.41, 5.74) is -0.0756. The van der Waals surface area contributed by atoms with Gasteiger partial charge in [-0.2, -0.15) is 4.98 Å². The number of nitrogens with zero attached hydrogens (tertiary/aromatic N) is 2. The number of aromatic nitrogens is 2. The van der Waals surface area contributed by atoms with Crippen molar-refractivity contribution < 1.29 is 9.26 Å². The maximum Gasteiger partial charge on any atom is 0.213 e. The summed E-state index contributed by atoms with van der Waals surface area (Å²) in [6, 6.07) is 0. The summed E-state index contributed by atoms with van der Waals surface area (Å²) in [5.74, 6) is 0.667. The molecule has 0 bridgehead atoms. The zero-order valence-electron chi connectivity index (χ0n) is 8.91. The van der Waals surface area contributed by atoms with E-state index in [9.17, 15) is 0 Å². The van der Waals surface area contributed by atoms with Gasteiger partial charge in [0, 0.05) is 6.54 Å². The summed E-state index contributed by atoms with van der Waals surface area (Å²) < 4.78 is 10.1. The fourth-order valence-corrected chi connectivity index (χ4v) is 0.900. The van der Waals surface area contributed by atoms with Crippen LogP contribution in [0.1, 0.15) is 26.6 Å². The Bertz CT molecular complexity index is 241. The average molecular weight is 199 g/mol. The van der Waals surface area contributed by atoms with E-state index in [4.69, 9.17) is 4.74 Å². The highest BCUT2D eigenvalue weighted by atomic mass is 16.5. The highest BCUT2D eigenvalue weighted by Crippen LogP contribution is 2.04. The summed E-state index contributed by atoms with van der Waals surface area (Å²) in [4.78, 5) is 3.88. The van der Waals surface area contributed by atoms with Crippen LogP contribution in [0.4, 0.5) is 0 Å². The average Bonchev–Trinajstić information content (AvgIpc) is 2.54. The quantitative estimate of drug-likeness (QED) is 0.716. The molecule has 0 aliphatic carbocycles. The van der Waals surface area contributed by atoms with Crippen LogP contribution in [0.2, 0.25) is 0 Å². The Labute approximate surface area is 83.8 Å². The van der Waals surface area contributed by atoms with Gasteiger partial charge in [-0.25, -0.2) is 0 Å². The van der Waals surface area contributed by atoms with Crippen molar-refractivity contribution in [2.75, 3.05) is 13.2 Å². The maximum absolute atomic E-state index is 5.52. The lowest BCUT2D eigenvalue weighted by Crippen LogP contribution is -2.26. The minimum Gasteiger partial charge on any atom is -0.375 e. The van der Waals surface area contributed by atoms with Gasteiger partial charge in [-0.1, -0.05) is 5.16 Å². The zero-order valence-corrected chi connectivity index (χ0v) is 8.91. The molecule has 0 unspecified atom stereocenters. The van der Waals surface area contributed by atoms with Crippen molar-refractivity contribution in [2.24, 2.45) is 0 Å². The molecule has 5 nitrogen and oxygen atoms in total. The summed E-state index contributed by atoms with van der Waals surface area (Å²) in [6.07, 6.45) is 1.32. The topological polar surface area (TPSA) is 60.2 Å². The first-order valence-corrected chi connectivity index (χ1v) is 4.68. The first kappa shape index (κ1) is 11.1. The van der Waals surface area contributed by atoms with Crippen molar-refractivity contribution in [2.45, 2.75) is 32.9 Å². The Hall–Kier alpha value is -0.940. The summed E-state index contributed by atoms with van der Waals surface area (Å²) in [7, 11) is 0. The molecule has 1 aromatic heterocycles. The predicted molar refractivity (Wildman–Crippen MR) is 51.7 cm³/mol. The SMILES string of the molecule is CC(C)(C)OCCNCc1ncon1. The smallest absolute Gasteiger partial charge is 0.213 e. The van der Waals surface area contributed by atoms with Crippen molar-refractivity contribution in [3.63, 3.8) is 0 Å². The molecule has 1 aromatic rings. The minimum atomic E-state index is -0.0756. The van der Waals surface area contributed by atoms with Gasteiger partial charge in [-0.05, 0) is 20.8 Å². The van der Waals surface area contributed by atoms with E-state index >= 15 is 0 Å². The summed E-state index contributed by atoms with van der Waals surface area (Å²) >= 11 is 0. The van der Waals surface area contributed by atoms with E-state index in [1.807, 2.05) is 20.8 Å². The van der Waals surface area contributed by atoms with Crippen molar-refractivity contribution in [3.8, 4) is 0 Å². The second-order valence-corrected chi connectivity index (χ2v) is 3.99. The molecule has 0 spiro atoms. The number of hydrogen-bond acceptors (Lipinski definition) is 5. The van der Waals surface area contributed by atoms with E-state index in [0.29, 0.717) is 19.0 Å². The first-order chi connectivity index (χ1) is 6.58. The molecule has 0 saturated heterocycles. The molecule has 14 heavy (non-hydrogen) atoms. The van der Waals surface area contributed by atoms with E-state index in [-0.39, 0.29) is 5.60 Å². The molecule has 0 radical (unpaired) electrons. The molecule has 1 N–H and O–H groups in total. The van der Waals surface area contributed by atoms with E-state index in [1.54, 1.807) is 0 Å². The summed E-state index contributed by atoms with van der Waals surface area (Å²) in [5, 5.41) is 6.82. The molecule has 1 rings (SSSR count). The second kappa shape index (κ2) is 5.07. The third-order valence-corrected chi connectivity index (χ3v) is 1.50. The van der Waals surface area contributed by atoms with Crippen LogP contribution in [0.25, 0.3) is 0 Å². The molecule has 80 valence electrons. The standard InChI is InChI=1S/C9H17N3O2/c1-9(2,3)13-5-4-10-6-8-11-7-14-12-8/h7,10H,4-6H2,1-3H3. The van der Waals surface area contributed by atoms with Crippen molar-refractivity contribution in [1.82, 2.24) is 15.5 Å². The van der Waals surface area contributed by atoms with E-state index in [0.717, 1.165) is 6.54 Å². The van der Waals surface area contributed by atoms with Gasteiger partial charge in [0.15, 0.2) is 5.82 Å². The van der Waals surface area contributed by atoms with Gasteiger partial charge in [0.25, 0.3) is 0 Å². The zero-order chi connectivity index (χ0) is 10.4. The fraction of sp³-hybridized carbons (Fsp3) is 0.778. The van der Waals surface area contributed by atoms with Crippen molar-refractivity contribution in [3.05, 3.63) is 12.2 Å². The Morgan fingerprint density at radius 3 is 2.86 bits per heavy atom. The molecule has 0 aliphatic heterocycles.